The molecular weight excluding hydrogens is 746 g/mol. The quantitative estimate of drug-likeness (QED) is 0.131. The van der Waals surface area contributed by atoms with E-state index in [9.17, 15) is 31.1 Å². The Balaban J connectivity index is 0.000000212. The third kappa shape index (κ3) is 12.2. The van der Waals surface area contributed by atoms with Crippen LogP contribution in [0.5, 0.6) is 11.5 Å². The molecule has 1 N–H and O–H groups in total. The first-order chi connectivity index (χ1) is 26.3. The minimum absolute atomic E-state index is 0.125. The molecule has 2 aromatic carbocycles. The van der Waals surface area contributed by atoms with E-state index < -0.39 is 18.7 Å². The van der Waals surface area contributed by atoms with Gasteiger partial charge in [0.05, 0.1) is 42.3 Å². The van der Waals surface area contributed by atoms with Crippen LogP contribution in [0.3, 0.4) is 0 Å². The molecule has 0 atom stereocenters. The smallest absolute Gasteiger partial charge is 0.465 e. The molecule has 0 amide bonds. The Bertz CT molecular complexity index is 2150. The summed E-state index contributed by atoms with van der Waals surface area (Å²) >= 11 is 0. The van der Waals surface area contributed by atoms with Gasteiger partial charge < -0.3 is 19.3 Å². The fraction of sp³-hybridized carbons (Fsp3) is 0.281. The first kappa shape index (κ1) is 39.6. The molecule has 0 unspecified atom stereocenters. The predicted octanol–water partition coefficient (Wildman–Crippen LogP) is 3.79. The van der Waals surface area contributed by atoms with Crippen LogP contribution in [0.1, 0.15) is 29.4 Å². The number of hydrogen-bond donors (Lipinski definition) is 1. The van der Waals surface area contributed by atoms with Crippen molar-refractivity contribution in [1.29, 1.82) is 0 Å². The average molecular weight is 775 g/mol. The molecule has 23 heteroatoms. The second-order valence-electron chi connectivity index (χ2n) is 10.9. The maximum Gasteiger partial charge on any atom is 0.573 e. The lowest BCUT2D eigenvalue weighted by molar-refractivity contribution is -0.275. The van der Waals surface area contributed by atoms with Gasteiger partial charge in [-0.25, -0.2) is 24.7 Å². The minimum Gasteiger partial charge on any atom is -0.465 e. The van der Waals surface area contributed by atoms with Gasteiger partial charge in [0.1, 0.15) is 24.2 Å². The van der Waals surface area contributed by atoms with Crippen molar-refractivity contribution in [3.63, 3.8) is 0 Å². The van der Waals surface area contributed by atoms with Crippen LogP contribution in [0.25, 0.3) is 22.8 Å². The fourth-order valence-corrected chi connectivity index (χ4v) is 4.65. The van der Waals surface area contributed by atoms with Crippen molar-refractivity contribution in [3.8, 4) is 34.3 Å². The molecule has 0 saturated heterocycles. The molecule has 0 spiro atoms. The van der Waals surface area contributed by atoms with Crippen molar-refractivity contribution in [2.45, 2.75) is 45.6 Å². The molecule has 0 fully saturated rings. The van der Waals surface area contributed by atoms with E-state index >= 15 is 0 Å². The number of hydrogen-bond acceptors (Lipinski definition) is 15. The number of ether oxygens (including phenoxy) is 3. The SMILES string of the molecule is CCOC(=O)Cn1nnc(-c2cncnc2Cc2ccc(OC(F)(F)F)cc2)n1.OCCn1nnc(-c2cncnc2Cc2ccc(OC(F)(F)F)cc2)n1. The van der Waals surface area contributed by atoms with Crippen LogP contribution in [0.15, 0.2) is 73.6 Å². The Morgan fingerprint density at radius 2 is 1.16 bits per heavy atom. The molecule has 0 saturated carbocycles. The zero-order chi connectivity index (χ0) is 39.4. The van der Waals surface area contributed by atoms with Crippen molar-refractivity contribution in [2.75, 3.05) is 13.2 Å². The van der Waals surface area contributed by atoms with Gasteiger partial charge in [0, 0.05) is 25.2 Å². The molecule has 55 heavy (non-hydrogen) atoms. The summed E-state index contributed by atoms with van der Waals surface area (Å²) in [6, 6.07) is 10.9. The van der Waals surface area contributed by atoms with Crippen molar-refractivity contribution < 1.29 is 50.5 Å². The maximum absolute atomic E-state index is 12.3. The third-order valence-corrected chi connectivity index (χ3v) is 6.91. The Kier molecular flexibility index (Phi) is 12.9. The minimum atomic E-state index is -4.75. The van der Waals surface area contributed by atoms with Gasteiger partial charge in [0.25, 0.3) is 0 Å². The summed E-state index contributed by atoms with van der Waals surface area (Å²) in [6.45, 7) is 1.82. The van der Waals surface area contributed by atoms with Gasteiger partial charge in [-0.15, -0.1) is 46.7 Å². The zero-order valence-corrected chi connectivity index (χ0v) is 28.4. The van der Waals surface area contributed by atoms with Gasteiger partial charge in [-0.2, -0.15) is 9.59 Å². The Labute approximate surface area is 306 Å². The Morgan fingerprint density at radius 1 is 0.709 bits per heavy atom. The van der Waals surface area contributed by atoms with Gasteiger partial charge >= 0.3 is 18.7 Å². The maximum atomic E-state index is 12.3. The number of aromatic nitrogens is 12. The number of aliphatic hydroxyl groups is 1. The lowest BCUT2D eigenvalue weighted by atomic mass is 10.1. The van der Waals surface area contributed by atoms with Crippen LogP contribution in [-0.2, 0) is 35.5 Å². The third-order valence-electron chi connectivity index (χ3n) is 6.91. The summed E-state index contributed by atoms with van der Waals surface area (Å²) < 4.78 is 86.0. The summed E-state index contributed by atoms with van der Waals surface area (Å²) in [6.07, 6.45) is -3.13. The number of carbonyl (C=O) groups is 1. The number of alkyl halides is 6. The van der Waals surface area contributed by atoms with E-state index in [0.29, 0.717) is 40.3 Å². The summed E-state index contributed by atoms with van der Waals surface area (Å²) in [4.78, 5) is 30.2. The first-order valence-electron chi connectivity index (χ1n) is 15.9. The molecule has 4 heterocycles. The average Bonchev–Trinajstić information content (AvgIpc) is 3.80. The van der Waals surface area contributed by atoms with Crippen LogP contribution in [0.2, 0.25) is 0 Å². The summed E-state index contributed by atoms with van der Waals surface area (Å²) in [5, 5.41) is 32.6. The molecule has 6 rings (SSSR count). The van der Waals surface area contributed by atoms with Gasteiger partial charge in [0.15, 0.2) is 6.54 Å². The highest BCUT2D eigenvalue weighted by Crippen LogP contribution is 2.26. The number of aliphatic hydroxyl groups excluding tert-OH is 1. The molecular formula is C32H28F6N12O5. The number of esters is 1. The number of benzene rings is 2. The zero-order valence-electron chi connectivity index (χ0n) is 28.4. The van der Waals surface area contributed by atoms with Crippen LogP contribution < -0.4 is 9.47 Å². The van der Waals surface area contributed by atoms with Crippen molar-refractivity contribution >= 4 is 5.97 Å². The fourth-order valence-electron chi connectivity index (χ4n) is 4.65. The standard InChI is InChI=1S/C17H15F3N6O3.C15H13F3N6O2/c1-2-28-15(27)9-26-24-16(23-25-26)13-8-21-10-22-14(13)7-11-3-5-12(6-4-11)29-17(18,19)20;16-15(17,18)26-11-3-1-10(2-4-11)7-13-12(8-19-9-20-13)14-21-23-24(22-14)5-6-25/h3-6,8,10H,2,7,9H2,1H3;1-4,8-9,25H,5-7H2. The van der Waals surface area contributed by atoms with Crippen LogP contribution >= 0.6 is 0 Å². The Morgan fingerprint density at radius 3 is 1.60 bits per heavy atom. The van der Waals surface area contributed by atoms with Gasteiger partial charge in [-0.05, 0) is 52.7 Å². The van der Waals surface area contributed by atoms with Crippen molar-refractivity contribution in [2.24, 2.45) is 0 Å². The number of carbonyl (C=O) groups excluding carboxylic acids is 1. The molecule has 0 bridgehead atoms. The number of nitrogens with zero attached hydrogens (tertiary/aromatic N) is 12. The van der Waals surface area contributed by atoms with E-state index in [1.165, 1.54) is 78.4 Å². The molecule has 4 aromatic heterocycles. The molecule has 288 valence electrons. The van der Waals surface area contributed by atoms with E-state index in [0.717, 1.165) is 10.4 Å². The van der Waals surface area contributed by atoms with Crippen molar-refractivity contribution in [1.82, 2.24) is 60.4 Å². The van der Waals surface area contributed by atoms with E-state index in [2.05, 4.69) is 60.2 Å². The van der Waals surface area contributed by atoms with Crippen LogP contribution in [0.4, 0.5) is 26.3 Å². The number of rotatable bonds is 13. The van der Waals surface area contributed by atoms with Crippen LogP contribution in [0, 0.1) is 0 Å². The summed E-state index contributed by atoms with van der Waals surface area (Å²) in [7, 11) is 0. The summed E-state index contributed by atoms with van der Waals surface area (Å²) in [5.41, 5.74) is 3.58. The topological polar surface area (TPSA) is 204 Å². The molecule has 0 aliphatic heterocycles. The summed E-state index contributed by atoms with van der Waals surface area (Å²) in [5.74, 6) is -0.597. The van der Waals surface area contributed by atoms with E-state index in [4.69, 9.17) is 9.84 Å². The second-order valence-corrected chi connectivity index (χ2v) is 10.9. The lowest BCUT2D eigenvalue weighted by Gasteiger charge is -2.09. The molecule has 17 nitrogen and oxygen atoms in total. The van der Waals surface area contributed by atoms with Crippen LogP contribution in [-0.4, -0.2) is 97.4 Å². The largest absolute Gasteiger partial charge is 0.573 e. The molecule has 6 aromatic rings. The molecule has 0 aliphatic carbocycles. The van der Waals surface area contributed by atoms with E-state index in [1.807, 2.05) is 0 Å². The Hall–Kier alpha value is -6.65. The van der Waals surface area contributed by atoms with Gasteiger partial charge in [-0.1, -0.05) is 24.3 Å². The highest BCUT2D eigenvalue weighted by molar-refractivity contribution is 5.69. The van der Waals surface area contributed by atoms with Crippen molar-refractivity contribution in [3.05, 3.63) is 96.1 Å². The molecule has 0 aliphatic rings. The molecule has 0 radical (unpaired) electrons. The second kappa shape index (κ2) is 17.9. The highest BCUT2D eigenvalue weighted by Gasteiger charge is 2.31. The lowest BCUT2D eigenvalue weighted by Crippen LogP contribution is -2.17. The van der Waals surface area contributed by atoms with E-state index in [-0.39, 0.29) is 50.0 Å². The predicted molar refractivity (Wildman–Crippen MR) is 173 cm³/mol. The monoisotopic (exact) mass is 774 g/mol. The first-order valence-corrected chi connectivity index (χ1v) is 15.9. The highest BCUT2D eigenvalue weighted by atomic mass is 19.4. The normalized spacial score (nSPS) is 11.4. The number of halogens is 6. The van der Waals surface area contributed by atoms with Gasteiger partial charge in [-0.3, -0.25) is 0 Å². The van der Waals surface area contributed by atoms with Gasteiger partial charge in [0.2, 0.25) is 11.6 Å². The van der Waals surface area contributed by atoms with E-state index in [1.54, 1.807) is 6.92 Å². The number of tetrazole rings is 2.